The molecule has 1 aliphatic rings. The molecule has 0 aromatic heterocycles. The van der Waals surface area contributed by atoms with Crippen LogP contribution in [0.4, 0.5) is 0 Å². The Bertz CT molecular complexity index is 4630. The van der Waals surface area contributed by atoms with Crippen LogP contribution in [0.2, 0.25) is 0 Å². The lowest BCUT2D eigenvalue weighted by Gasteiger charge is -2.22. The van der Waals surface area contributed by atoms with Gasteiger partial charge in [-0.25, -0.2) is 0 Å². The van der Waals surface area contributed by atoms with Crippen molar-refractivity contribution < 1.29 is 0 Å². The third-order valence-corrected chi connectivity index (χ3v) is 17.5. The van der Waals surface area contributed by atoms with E-state index in [-0.39, 0.29) is 10.8 Å². The molecule has 0 amide bonds. The first-order valence-electron chi connectivity index (χ1n) is 26.0. The van der Waals surface area contributed by atoms with Crippen LogP contribution in [-0.4, -0.2) is 0 Å². The Labute approximate surface area is 419 Å². The van der Waals surface area contributed by atoms with Gasteiger partial charge in [0.05, 0.1) is 0 Å². The molecule has 16 rings (SSSR count). The summed E-state index contributed by atoms with van der Waals surface area (Å²) in [7, 11) is 0. The van der Waals surface area contributed by atoms with Crippen molar-refractivity contribution in [1.29, 1.82) is 0 Å². The predicted molar refractivity (Wildman–Crippen MR) is 315 cm³/mol. The Hall–Kier alpha value is -8.06. The molecule has 0 bridgehead atoms. The maximum Gasteiger partial charge on any atom is -0.000730 e. The van der Waals surface area contributed by atoms with Crippen LogP contribution < -0.4 is 0 Å². The normalized spacial score (nSPS) is 13.3. The smallest absolute Gasteiger partial charge is 0.000730 e. The molecule has 0 atom stereocenters. The van der Waals surface area contributed by atoms with Crippen molar-refractivity contribution in [2.45, 2.75) is 66.2 Å². The van der Waals surface area contributed by atoms with Crippen LogP contribution in [0, 0.1) is 13.8 Å². The van der Waals surface area contributed by atoms with Gasteiger partial charge in [0.2, 0.25) is 0 Å². The van der Waals surface area contributed by atoms with Crippen molar-refractivity contribution >= 4 is 118 Å². The van der Waals surface area contributed by atoms with E-state index in [9.17, 15) is 0 Å². The molecule has 15 aromatic rings. The molecule has 0 N–H and O–H groups in total. The van der Waals surface area contributed by atoms with E-state index in [0.29, 0.717) is 0 Å². The first-order valence-corrected chi connectivity index (χ1v) is 26.0. The molecule has 0 radical (unpaired) electrons. The van der Waals surface area contributed by atoms with Gasteiger partial charge in [-0.3, -0.25) is 0 Å². The molecule has 0 heterocycles. The molecule has 340 valence electrons. The first-order chi connectivity index (χ1) is 34.8. The number of fused-ring (bicyclic) bond motifs is 13. The van der Waals surface area contributed by atoms with Gasteiger partial charge < -0.3 is 0 Å². The first kappa shape index (κ1) is 40.6. The second kappa shape index (κ2) is 13.5. The molecule has 0 unspecified atom stereocenters. The minimum atomic E-state index is -0.00892. The Kier molecular flexibility index (Phi) is 7.60. The van der Waals surface area contributed by atoms with Gasteiger partial charge in [0, 0.05) is 0 Å². The highest BCUT2D eigenvalue weighted by Gasteiger charge is 2.31. The van der Waals surface area contributed by atoms with Gasteiger partial charge in [0.25, 0.3) is 0 Å². The van der Waals surface area contributed by atoms with Crippen LogP contribution in [0.1, 0.15) is 63.8 Å². The predicted octanol–water partition coefficient (Wildman–Crippen LogP) is 20.9. The summed E-state index contributed by atoms with van der Waals surface area (Å²) in [6, 6.07) is 66.8. The van der Waals surface area contributed by atoms with Gasteiger partial charge in [-0.2, -0.15) is 0 Å². The van der Waals surface area contributed by atoms with Gasteiger partial charge in [0.1, 0.15) is 0 Å². The van der Waals surface area contributed by atoms with Crippen LogP contribution in [0.15, 0.2) is 170 Å². The van der Waals surface area contributed by atoms with Crippen molar-refractivity contribution in [2.75, 3.05) is 0 Å². The second-order valence-corrected chi connectivity index (χ2v) is 23.6. The van der Waals surface area contributed by atoms with E-state index in [1.54, 1.807) is 0 Å². The molecule has 0 saturated heterocycles. The average Bonchev–Trinajstić information content (AvgIpc) is 4.00. The zero-order chi connectivity index (χ0) is 48.4. The fraction of sp³-hybridized carbons (Fsp3) is 0.139. The molecular weight excluding hydrogens is 865 g/mol. The third kappa shape index (κ3) is 5.07. The summed E-state index contributed by atoms with van der Waals surface area (Å²) < 4.78 is 0. The molecule has 15 aromatic carbocycles. The number of benzene rings is 13. The lowest BCUT2D eigenvalue weighted by molar-refractivity contribution is 0.590. The van der Waals surface area contributed by atoms with Crippen LogP contribution >= 0.6 is 0 Å². The highest BCUT2D eigenvalue weighted by Crippen LogP contribution is 2.58. The van der Waals surface area contributed by atoms with Gasteiger partial charge >= 0.3 is 0 Å². The maximum absolute atomic E-state index is 2.62. The van der Waals surface area contributed by atoms with Crippen molar-refractivity contribution in [3.05, 3.63) is 192 Å². The highest BCUT2D eigenvalue weighted by molar-refractivity contribution is 6.47. The van der Waals surface area contributed by atoms with Gasteiger partial charge in [-0.1, -0.05) is 175 Å². The van der Waals surface area contributed by atoms with Gasteiger partial charge in [0.15, 0.2) is 0 Å². The zero-order valence-electron chi connectivity index (χ0n) is 42.2. The van der Waals surface area contributed by atoms with Crippen molar-refractivity contribution in [2.24, 2.45) is 0 Å². The standard InChI is InChI=1S/C72H52/c1-37-15-9-13-19-44(37)63-60-35-56-57(59-34-43(72(6,7)8)30-41-29-42(71(3,4)5)33-58(56)62(41)59)36-61(60)64(45-20-14-10-16-38(45)2)70-53-28-26-49-47-22-24-51-55-32-40-18-12-11-17-39(40)31-54(55)50-23-21-46(65(47)67(50)51)48-25-27-52(69(63)70)68(53)66(48)49/h9-36H,1-8H3. The quantitative estimate of drug-likeness (QED) is 0.120. The van der Waals surface area contributed by atoms with Crippen molar-refractivity contribution in [3.8, 4) is 44.5 Å². The van der Waals surface area contributed by atoms with Crippen LogP contribution in [0.3, 0.4) is 0 Å². The molecule has 0 nitrogen and oxygen atoms in total. The summed E-state index contributed by atoms with van der Waals surface area (Å²) in [5, 5.41) is 29.6. The van der Waals surface area contributed by atoms with Gasteiger partial charge in [-0.05, 0) is 246 Å². The Morgan fingerprint density at radius 2 is 0.625 bits per heavy atom. The summed E-state index contributed by atoms with van der Waals surface area (Å²) in [5.74, 6) is 0. The van der Waals surface area contributed by atoms with Crippen LogP contribution in [-0.2, 0) is 10.8 Å². The Morgan fingerprint density at radius 1 is 0.236 bits per heavy atom. The SMILES string of the molecule is Cc1ccccc1-c1c2cc3c(cc2c(-c2ccccc2C)c2c4ccc5c6ccc7c8c(ccc(c9ccc(c12)c4c95)c86)-c1cc2ccccc2cc1-7)c1cc(C(C)(C)C)cc2cc(C(C)(C)C)cc3c21. The summed E-state index contributed by atoms with van der Waals surface area (Å²) in [4.78, 5) is 0. The summed E-state index contributed by atoms with van der Waals surface area (Å²) in [6.45, 7) is 18.8. The minimum Gasteiger partial charge on any atom is -0.0620 e. The fourth-order valence-corrected chi connectivity index (χ4v) is 14.0. The molecule has 1 aliphatic carbocycles. The molecule has 0 aliphatic heterocycles. The average molecular weight is 917 g/mol. The van der Waals surface area contributed by atoms with Crippen molar-refractivity contribution in [1.82, 2.24) is 0 Å². The third-order valence-electron chi connectivity index (χ3n) is 17.5. The van der Waals surface area contributed by atoms with E-state index in [1.165, 1.54) is 185 Å². The maximum atomic E-state index is 2.62. The minimum absolute atomic E-state index is 0.00892. The molecule has 72 heavy (non-hydrogen) atoms. The van der Waals surface area contributed by atoms with Crippen LogP contribution in [0.5, 0.6) is 0 Å². The summed E-state index contributed by atoms with van der Waals surface area (Å²) in [6.07, 6.45) is 0. The lowest BCUT2D eigenvalue weighted by atomic mass is 9.82. The second-order valence-electron chi connectivity index (χ2n) is 23.6. The number of rotatable bonds is 2. The fourth-order valence-electron chi connectivity index (χ4n) is 14.0. The zero-order valence-corrected chi connectivity index (χ0v) is 42.2. The number of hydrogen-bond donors (Lipinski definition) is 0. The monoisotopic (exact) mass is 916 g/mol. The summed E-state index contributed by atoms with van der Waals surface area (Å²) >= 11 is 0. The Balaban J connectivity index is 1.11. The number of hydrogen-bond acceptors (Lipinski definition) is 0. The van der Waals surface area contributed by atoms with Crippen LogP contribution in [0.25, 0.3) is 163 Å². The van der Waals surface area contributed by atoms with Gasteiger partial charge in [-0.15, -0.1) is 0 Å². The Morgan fingerprint density at radius 3 is 1.07 bits per heavy atom. The molecule has 0 fully saturated rings. The van der Waals surface area contributed by atoms with E-state index < -0.39 is 0 Å². The van der Waals surface area contributed by atoms with Crippen molar-refractivity contribution in [3.63, 3.8) is 0 Å². The lowest BCUT2D eigenvalue weighted by Crippen LogP contribution is -2.12. The van der Waals surface area contributed by atoms with E-state index in [4.69, 9.17) is 0 Å². The van der Waals surface area contributed by atoms with E-state index in [1.807, 2.05) is 0 Å². The molecular formula is C72H52. The van der Waals surface area contributed by atoms with E-state index in [2.05, 4.69) is 225 Å². The largest absolute Gasteiger partial charge is 0.0620 e. The van der Waals surface area contributed by atoms with E-state index >= 15 is 0 Å². The topological polar surface area (TPSA) is 0 Å². The van der Waals surface area contributed by atoms with E-state index in [0.717, 1.165) is 0 Å². The number of aryl methyl sites for hydroxylation is 2. The molecule has 0 spiro atoms. The molecule has 0 saturated carbocycles. The summed E-state index contributed by atoms with van der Waals surface area (Å²) in [5.41, 5.74) is 16.0. The molecule has 0 heteroatoms. The highest BCUT2D eigenvalue weighted by atomic mass is 14.3.